The van der Waals surface area contributed by atoms with Crippen LogP contribution in [-0.4, -0.2) is 16.2 Å². The number of imidazole rings is 1. The van der Waals surface area contributed by atoms with Crippen LogP contribution in [0.25, 0.3) is 22.4 Å². The lowest BCUT2D eigenvalue weighted by Gasteiger charge is -2.15. The molecule has 4 aromatic rings. The summed E-state index contributed by atoms with van der Waals surface area (Å²) >= 11 is 6.48. The Morgan fingerprint density at radius 3 is 2.57 bits per heavy atom. The first-order chi connectivity index (χ1) is 14.5. The smallest absolute Gasteiger partial charge is 0.142 e. The Balaban J connectivity index is 1.56. The van der Waals surface area contributed by atoms with Gasteiger partial charge in [-0.1, -0.05) is 61.8 Å². The minimum Gasteiger partial charge on any atom is -0.493 e. The van der Waals surface area contributed by atoms with Crippen LogP contribution < -0.4 is 4.74 Å². The van der Waals surface area contributed by atoms with Crippen molar-refractivity contribution in [1.82, 2.24) is 9.55 Å². The number of hydrogen-bond acceptors (Lipinski definition) is 2. The average molecular weight is 419 g/mol. The Hall–Kier alpha value is -2.78. The maximum absolute atomic E-state index is 6.48. The minimum atomic E-state index is 0.435. The molecule has 0 unspecified atom stereocenters. The fourth-order valence-corrected chi connectivity index (χ4v) is 4.02. The fourth-order valence-electron chi connectivity index (χ4n) is 3.80. The summed E-state index contributed by atoms with van der Waals surface area (Å²) in [5, 5.41) is 0.714. The summed E-state index contributed by atoms with van der Waals surface area (Å²) in [6.07, 6.45) is 0.878. The number of rotatable bonds is 7. The van der Waals surface area contributed by atoms with Crippen molar-refractivity contribution in [3.05, 3.63) is 82.9 Å². The predicted molar refractivity (Wildman–Crippen MR) is 126 cm³/mol. The van der Waals surface area contributed by atoms with E-state index in [4.69, 9.17) is 21.3 Å². The summed E-state index contributed by atoms with van der Waals surface area (Å²) in [6.45, 7) is 7.96. The number of benzene rings is 3. The summed E-state index contributed by atoms with van der Waals surface area (Å²) in [6, 6.07) is 22.6. The molecule has 0 radical (unpaired) electrons. The van der Waals surface area contributed by atoms with E-state index >= 15 is 0 Å². The fraction of sp³-hybridized carbons (Fsp3) is 0.269. The zero-order valence-electron chi connectivity index (χ0n) is 17.7. The Labute approximate surface area is 183 Å². The van der Waals surface area contributed by atoms with Gasteiger partial charge < -0.3 is 9.30 Å². The SMILES string of the molecule is Cc1ccc(C(C)C)c(OCCCn2c(-c3ccccc3Cl)nc3ccccc32)c1. The van der Waals surface area contributed by atoms with Gasteiger partial charge in [0.25, 0.3) is 0 Å². The minimum absolute atomic E-state index is 0.435. The van der Waals surface area contributed by atoms with Crippen LogP contribution in [0.4, 0.5) is 0 Å². The maximum atomic E-state index is 6.48. The van der Waals surface area contributed by atoms with Crippen molar-refractivity contribution in [2.75, 3.05) is 6.61 Å². The highest BCUT2D eigenvalue weighted by Gasteiger charge is 2.15. The van der Waals surface area contributed by atoms with Crippen LogP contribution in [0.15, 0.2) is 66.7 Å². The summed E-state index contributed by atoms with van der Waals surface area (Å²) < 4.78 is 8.45. The second kappa shape index (κ2) is 8.93. The Morgan fingerprint density at radius 2 is 1.77 bits per heavy atom. The van der Waals surface area contributed by atoms with E-state index in [0.717, 1.165) is 41.1 Å². The first-order valence-electron chi connectivity index (χ1n) is 10.5. The summed E-state index contributed by atoms with van der Waals surface area (Å²) in [5.74, 6) is 2.33. The third-order valence-electron chi connectivity index (χ3n) is 5.34. The second-order valence-electron chi connectivity index (χ2n) is 7.95. The highest BCUT2D eigenvalue weighted by atomic mass is 35.5. The summed E-state index contributed by atoms with van der Waals surface area (Å²) in [7, 11) is 0. The second-order valence-corrected chi connectivity index (χ2v) is 8.36. The molecule has 4 heteroatoms. The van der Waals surface area contributed by atoms with Gasteiger partial charge in [0.2, 0.25) is 0 Å². The van der Waals surface area contributed by atoms with E-state index in [-0.39, 0.29) is 0 Å². The van der Waals surface area contributed by atoms with Crippen molar-refractivity contribution in [2.24, 2.45) is 0 Å². The van der Waals surface area contributed by atoms with Gasteiger partial charge in [-0.15, -0.1) is 0 Å². The van der Waals surface area contributed by atoms with Crippen LogP contribution in [-0.2, 0) is 6.54 Å². The topological polar surface area (TPSA) is 27.1 Å². The Bertz CT molecular complexity index is 1160. The van der Waals surface area contributed by atoms with Gasteiger partial charge in [-0.3, -0.25) is 0 Å². The van der Waals surface area contributed by atoms with E-state index in [1.807, 2.05) is 36.4 Å². The van der Waals surface area contributed by atoms with Gasteiger partial charge in [-0.2, -0.15) is 0 Å². The van der Waals surface area contributed by atoms with Crippen LogP contribution in [0, 0.1) is 6.92 Å². The monoisotopic (exact) mass is 418 g/mol. The first kappa shape index (κ1) is 20.5. The van der Waals surface area contributed by atoms with E-state index < -0.39 is 0 Å². The molecular weight excluding hydrogens is 392 g/mol. The zero-order valence-corrected chi connectivity index (χ0v) is 18.5. The molecule has 0 aliphatic carbocycles. The van der Waals surface area contributed by atoms with Crippen LogP contribution >= 0.6 is 11.6 Å². The number of nitrogens with zero attached hydrogens (tertiary/aromatic N) is 2. The molecule has 0 saturated carbocycles. The van der Waals surface area contributed by atoms with Crippen LogP contribution in [0.5, 0.6) is 5.75 Å². The standard InChI is InChI=1S/C26H27ClN2O/c1-18(2)20-14-13-19(3)17-25(20)30-16-8-15-29-24-12-7-6-11-23(24)28-26(29)21-9-4-5-10-22(21)27/h4-7,9-14,17-18H,8,15-16H2,1-3H3. The molecule has 30 heavy (non-hydrogen) atoms. The highest BCUT2D eigenvalue weighted by Crippen LogP contribution is 2.31. The number of hydrogen-bond donors (Lipinski definition) is 0. The van der Waals surface area contributed by atoms with Crippen molar-refractivity contribution in [3.63, 3.8) is 0 Å². The molecule has 4 rings (SSSR count). The van der Waals surface area contributed by atoms with Crippen LogP contribution in [0.3, 0.4) is 0 Å². The predicted octanol–water partition coefficient (Wildman–Crippen LogP) is 7.26. The van der Waals surface area contributed by atoms with E-state index in [2.05, 4.69) is 55.7 Å². The molecule has 0 fully saturated rings. The molecule has 0 bridgehead atoms. The molecule has 3 aromatic carbocycles. The molecule has 0 aliphatic heterocycles. The van der Waals surface area contributed by atoms with E-state index in [0.29, 0.717) is 17.5 Å². The molecule has 1 heterocycles. The Kier molecular flexibility index (Phi) is 6.10. The van der Waals surface area contributed by atoms with Crippen LogP contribution in [0.2, 0.25) is 5.02 Å². The summed E-state index contributed by atoms with van der Waals surface area (Å²) in [4.78, 5) is 4.87. The quantitative estimate of drug-likeness (QED) is 0.295. The third kappa shape index (κ3) is 4.22. The molecule has 0 aliphatic rings. The van der Waals surface area contributed by atoms with Gasteiger partial charge in [-0.05, 0) is 60.7 Å². The lowest BCUT2D eigenvalue weighted by Crippen LogP contribution is -2.07. The normalized spacial score (nSPS) is 11.4. The molecule has 0 saturated heterocycles. The number of halogens is 1. The molecule has 0 spiro atoms. The van der Waals surface area contributed by atoms with Gasteiger partial charge >= 0.3 is 0 Å². The summed E-state index contributed by atoms with van der Waals surface area (Å²) in [5.41, 5.74) is 5.53. The van der Waals surface area contributed by atoms with E-state index in [9.17, 15) is 0 Å². The number of aromatic nitrogens is 2. The van der Waals surface area contributed by atoms with Gasteiger partial charge in [0.05, 0.1) is 22.7 Å². The number of aryl methyl sites for hydroxylation is 2. The zero-order chi connectivity index (χ0) is 21.1. The van der Waals surface area contributed by atoms with Crippen molar-refractivity contribution in [1.29, 1.82) is 0 Å². The van der Waals surface area contributed by atoms with Gasteiger partial charge in [0.15, 0.2) is 0 Å². The molecule has 0 N–H and O–H groups in total. The van der Waals surface area contributed by atoms with Crippen molar-refractivity contribution >= 4 is 22.6 Å². The van der Waals surface area contributed by atoms with E-state index in [1.54, 1.807) is 0 Å². The number of para-hydroxylation sites is 2. The molecular formula is C26H27ClN2O. The molecule has 154 valence electrons. The number of ether oxygens (including phenoxy) is 1. The van der Waals surface area contributed by atoms with Crippen molar-refractivity contribution in [3.8, 4) is 17.1 Å². The number of fused-ring (bicyclic) bond motifs is 1. The molecule has 0 atom stereocenters. The van der Waals surface area contributed by atoms with Gasteiger partial charge in [-0.25, -0.2) is 4.98 Å². The largest absolute Gasteiger partial charge is 0.493 e. The lowest BCUT2D eigenvalue weighted by atomic mass is 10.0. The molecule has 3 nitrogen and oxygen atoms in total. The van der Waals surface area contributed by atoms with Crippen molar-refractivity contribution in [2.45, 2.75) is 39.7 Å². The van der Waals surface area contributed by atoms with Crippen molar-refractivity contribution < 1.29 is 4.74 Å². The van der Waals surface area contributed by atoms with E-state index in [1.165, 1.54) is 11.1 Å². The van der Waals surface area contributed by atoms with Gasteiger partial charge in [0.1, 0.15) is 11.6 Å². The highest BCUT2D eigenvalue weighted by molar-refractivity contribution is 6.33. The third-order valence-corrected chi connectivity index (χ3v) is 5.67. The molecule has 1 aromatic heterocycles. The Morgan fingerprint density at radius 1 is 1.00 bits per heavy atom. The van der Waals surface area contributed by atoms with Crippen LogP contribution in [0.1, 0.15) is 37.3 Å². The first-order valence-corrected chi connectivity index (χ1v) is 10.9. The lowest BCUT2D eigenvalue weighted by molar-refractivity contribution is 0.298. The molecule has 0 amide bonds. The van der Waals surface area contributed by atoms with Gasteiger partial charge in [0, 0.05) is 12.1 Å². The maximum Gasteiger partial charge on any atom is 0.142 e. The average Bonchev–Trinajstić information content (AvgIpc) is 3.10.